The van der Waals surface area contributed by atoms with Gasteiger partial charge < -0.3 is 20.5 Å². The van der Waals surface area contributed by atoms with Gasteiger partial charge in [-0.15, -0.1) is 0 Å². The minimum atomic E-state index is -0.134. The monoisotopic (exact) mass is 426 g/mol. The Balaban J connectivity index is 1.40. The first kappa shape index (κ1) is 19.7. The quantitative estimate of drug-likeness (QED) is 0.394. The lowest BCUT2D eigenvalue weighted by Crippen LogP contribution is -2.19. The first-order chi connectivity index (χ1) is 14.1. The summed E-state index contributed by atoms with van der Waals surface area (Å²) in [5.74, 6) is -0.134. The van der Waals surface area contributed by atoms with Crippen LogP contribution in [0.2, 0.25) is 0 Å². The zero-order chi connectivity index (χ0) is 20.2. The van der Waals surface area contributed by atoms with Crippen LogP contribution in [0.3, 0.4) is 0 Å². The van der Waals surface area contributed by atoms with Gasteiger partial charge in [-0.05, 0) is 69.2 Å². The minimum absolute atomic E-state index is 0.134. The Morgan fingerprint density at radius 3 is 3.07 bits per heavy atom. The Bertz CT molecular complexity index is 1080. The average Bonchev–Trinajstić information content (AvgIpc) is 3.40. The van der Waals surface area contributed by atoms with Crippen LogP contribution in [0.4, 0.5) is 10.8 Å². The first-order valence-corrected chi connectivity index (χ1v) is 10.9. The number of aliphatic imine (C=N–C) groups is 1. The van der Waals surface area contributed by atoms with Gasteiger partial charge in [-0.25, -0.2) is 9.98 Å². The highest BCUT2D eigenvalue weighted by Crippen LogP contribution is 2.30. The molecule has 0 aliphatic carbocycles. The van der Waals surface area contributed by atoms with E-state index in [9.17, 15) is 4.79 Å². The maximum atomic E-state index is 12.3. The predicted molar refractivity (Wildman–Crippen MR) is 123 cm³/mol. The van der Waals surface area contributed by atoms with Gasteiger partial charge >= 0.3 is 0 Å². The predicted octanol–water partition coefficient (Wildman–Crippen LogP) is 3.88. The topological polar surface area (TPSA) is 85.4 Å². The molecule has 3 N–H and O–H groups in total. The molecular formula is C20H22N6OS2. The maximum absolute atomic E-state index is 12.3. The van der Waals surface area contributed by atoms with Crippen LogP contribution in [-0.2, 0) is 4.79 Å². The molecule has 3 heterocycles. The summed E-state index contributed by atoms with van der Waals surface area (Å²) >= 11 is 2.88. The second-order valence-electron chi connectivity index (χ2n) is 6.88. The van der Waals surface area contributed by atoms with E-state index in [1.54, 1.807) is 6.20 Å². The number of benzene rings is 1. The van der Waals surface area contributed by atoms with Gasteiger partial charge in [-0.3, -0.25) is 4.79 Å². The molecule has 2 aromatic heterocycles. The number of carbonyl (C=O) groups is 1. The second kappa shape index (κ2) is 8.81. The summed E-state index contributed by atoms with van der Waals surface area (Å²) in [4.78, 5) is 28.1. The van der Waals surface area contributed by atoms with Crippen molar-refractivity contribution < 1.29 is 4.79 Å². The first-order valence-electron chi connectivity index (χ1n) is 9.28. The lowest BCUT2D eigenvalue weighted by atomic mass is 10.2. The molecule has 1 amide bonds. The number of hydrogen-bond acceptors (Lipinski definition) is 7. The molecule has 9 heteroatoms. The number of fused-ring (bicyclic) bond motifs is 1. The standard InChI is InChI=1S/C20H22N6OS2/c1-26(2)9-3-7-22-19-23-12-15(28-19)11-17-18(27)25-20(29-17)24-14-4-5-16-13(10-14)6-8-21-16/h4-6,8,10-12,21H,3,7,9H2,1-2H3,(H,22,23)(H,24,25,27). The highest BCUT2D eigenvalue weighted by atomic mass is 32.2. The number of thiazole rings is 1. The van der Waals surface area contributed by atoms with Crippen LogP contribution in [0.1, 0.15) is 11.3 Å². The number of hydrogen-bond donors (Lipinski definition) is 3. The number of anilines is 1. The molecule has 0 saturated carbocycles. The molecule has 0 atom stereocenters. The zero-order valence-electron chi connectivity index (χ0n) is 16.2. The van der Waals surface area contributed by atoms with Crippen LogP contribution < -0.4 is 10.6 Å². The molecule has 150 valence electrons. The van der Waals surface area contributed by atoms with Crippen molar-refractivity contribution in [1.29, 1.82) is 0 Å². The van der Waals surface area contributed by atoms with Crippen molar-refractivity contribution in [2.45, 2.75) is 6.42 Å². The molecule has 0 spiro atoms. The Morgan fingerprint density at radius 2 is 2.21 bits per heavy atom. The van der Waals surface area contributed by atoms with Crippen LogP contribution in [0.15, 0.2) is 46.6 Å². The van der Waals surface area contributed by atoms with Crippen LogP contribution in [-0.4, -0.2) is 53.1 Å². The van der Waals surface area contributed by atoms with Crippen molar-refractivity contribution >= 4 is 62.0 Å². The number of nitrogens with zero attached hydrogens (tertiary/aromatic N) is 3. The molecule has 3 aromatic rings. The average molecular weight is 427 g/mol. The number of amides is 1. The summed E-state index contributed by atoms with van der Waals surface area (Å²) < 4.78 is 0. The van der Waals surface area contributed by atoms with Crippen LogP contribution in [0, 0.1) is 0 Å². The minimum Gasteiger partial charge on any atom is -0.361 e. The van der Waals surface area contributed by atoms with E-state index in [4.69, 9.17) is 0 Å². The van der Waals surface area contributed by atoms with Crippen LogP contribution in [0.25, 0.3) is 17.0 Å². The molecule has 1 aromatic carbocycles. The van der Waals surface area contributed by atoms with E-state index in [1.165, 1.54) is 23.1 Å². The Morgan fingerprint density at radius 1 is 1.31 bits per heavy atom. The third kappa shape index (κ3) is 5.06. The van der Waals surface area contributed by atoms with Gasteiger partial charge in [0, 0.05) is 29.8 Å². The number of carbonyl (C=O) groups excluding carboxylic acids is 1. The number of amidine groups is 1. The summed E-state index contributed by atoms with van der Waals surface area (Å²) in [7, 11) is 4.13. The summed E-state index contributed by atoms with van der Waals surface area (Å²) in [6.45, 7) is 1.91. The zero-order valence-corrected chi connectivity index (χ0v) is 17.9. The van der Waals surface area contributed by atoms with Crippen molar-refractivity contribution in [2.75, 3.05) is 32.5 Å². The highest BCUT2D eigenvalue weighted by molar-refractivity contribution is 8.18. The summed E-state index contributed by atoms with van der Waals surface area (Å²) in [5.41, 5.74) is 1.87. The molecule has 0 unspecified atom stereocenters. The molecule has 1 saturated heterocycles. The SMILES string of the molecule is CN(C)CCCNc1ncc(C=C2SC(=Nc3ccc4[nH]ccc4c3)NC2=O)s1. The number of aromatic amines is 1. The van der Waals surface area contributed by atoms with E-state index in [0.29, 0.717) is 10.1 Å². The lowest BCUT2D eigenvalue weighted by molar-refractivity contribution is -0.115. The molecule has 7 nitrogen and oxygen atoms in total. The molecule has 1 fully saturated rings. The third-order valence-electron chi connectivity index (χ3n) is 4.27. The molecule has 29 heavy (non-hydrogen) atoms. The molecule has 4 rings (SSSR count). The molecule has 1 aliphatic rings. The van der Waals surface area contributed by atoms with Crippen molar-refractivity contribution in [2.24, 2.45) is 4.99 Å². The van der Waals surface area contributed by atoms with Crippen LogP contribution >= 0.6 is 23.1 Å². The Hall–Kier alpha value is -2.62. The number of rotatable bonds is 7. The van der Waals surface area contributed by atoms with Gasteiger partial charge in [-0.2, -0.15) is 0 Å². The van der Waals surface area contributed by atoms with Crippen molar-refractivity contribution in [3.05, 3.63) is 46.4 Å². The van der Waals surface area contributed by atoms with Crippen molar-refractivity contribution in [1.82, 2.24) is 20.2 Å². The smallest absolute Gasteiger partial charge is 0.264 e. The molecule has 1 aliphatic heterocycles. The summed E-state index contributed by atoms with van der Waals surface area (Å²) in [5, 5.41) is 8.71. The van der Waals surface area contributed by atoms with Crippen molar-refractivity contribution in [3.8, 4) is 0 Å². The van der Waals surface area contributed by atoms with E-state index < -0.39 is 0 Å². The largest absolute Gasteiger partial charge is 0.361 e. The summed E-state index contributed by atoms with van der Waals surface area (Å²) in [6, 6.07) is 7.90. The van der Waals surface area contributed by atoms with E-state index in [2.05, 4.69) is 44.6 Å². The number of nitrogens with one attached hydrogen (secondary N) is 3. The van der Waals surface area contributed by atoms with E-state index in [-0.39, 0.29) is 5.91 Å². The fourth-order valence-corrected chi connectivity index (χ4v) is 4.56. The van der Waals surface area contributed by atoms with Crippen LogP contribution in [0.5, 0.6) is 0 Å². The van der Waals surface area contributed by atoms with Gasteiger partial charge in [0.2, 0.25) is 0 Å². The van der Waals surface area contributed by atoms with E-state index in [0.717, 1.165) is 46.1 Å². The second-order valence-corrected chi connectivity index (χ2v) is 8.98. The van der Waals surface area contributed by atoms with Gasteiger partial charge in [0.15, 0.2) is 10.3 Å². The Labute approximate surface area is 177 Å². The van der Waals surface area contributed by atoms with E-state index in [1.807, 2.05) is 36.5 Å². The molecule has 0 radical (unpaired) electrons. The van der Waals surface area contributed by atoms with Gasteiger partial charge in [0.05, 0.1) is 15.5 Å². The molecule has 0 bridgehead atoms. The fraction of sp³-hybridized carbons (Fsp3) is 0.250. The number of H-pyrrole nitrogens is 1. The Kier molecular flexibility index (Phi) is 5.98. The van der Waals surface area contributed by atoms with Crippen molar-refractivity contribution in [3.63, 3.8) is 0 Å². The lowest BCUT2D eigenvalue weighted by Gasteiger charge is -2.08. The van der Waals surface area contributed by atoms with Gasteiger partial charge in [0.25, 0.3) is 5.91 Å². The van der Waals surface area contributed by atoms with E-state index >= 15 is 0 Å². The molecular weight excluding hydrogens is 404 g/mol. The number of thioether (sulfide) groups is 1. The highest BCUT2D eigenvalue weighted by Gasteiger charge is 2.24. The number of aromatic nitrogens is 2. The van der Waals surface area contributed by atoms with Gasteiger partial charge in [0.1, 0.15) is 0 Å². The normalized spacial score (nSPS) is 17.0. The third-order valence-corrected chi connectivity index (χ3v) is 6.09. The summed E-state index contributed by atoms with van der Waals surface area (Å²) in [6.07, 6.45) is 6.60. The van der Waals surface area contributed by atoms with Gasteiger partial charge in [-0.1, -0.05) is 11.3 Å². The maximum Gasteiger partial charge on any atom is 0.264 e. The fourth-order valence-electron chi connectivity index (χ4n) is 2.86.